The smallest absolute Gasteiger partial charge is 0.337 e. The highest BCUT2D eigenvalue weighted by molar-refractivity contribution is 5.87. The van der Waals surface area contributed by atoms with Gasteiger partial charge in [-0.2, -0.15) is 0 Å². The van der Waals surface area contributed by atoms with E-state index < -0.39 is 5.97 Å². The van der Waals surface area contributed by atoms with E-state index in [1.54, 1.807) is 16.9 Å². The van der Waals surface area contributed by atoms with Crippen LogP contribution >= 0.6 is 0 Å². The van der Waals surface area contributed by atoms with Crippen molar-refractivity contribution in [2.45, 2.75) is 32.4 Å². The fourth-order valence-electron chi connectivity index (χ4n) is 2.64. The van der Waals surface area contributed by atoms with E-state index in [-0.39, 0.29) is 5.56 Å². The molecule has 0 bridgehead atoms. The molecule has 24 heavy (non-hydrogen) atoms. The molecule has 1 aliphatic rings. The summed E-state index contributed by atoms with van der Waals surface area (Å²) in [6.45, 7) is 2.44. The van der Waals surface area contributed by atoms with Crippen LogP contribution in [0.4, 0.5) is 0 Å². The van der Waals surface area contributed by atoms with Crippen molar-refractivity contribution in [3.05, 3.63) is 41.7 Å². The lowest BCUT2D eigenvalue weighted by Crippen LogP contribution is -2.09. The first-order chi connectivity index (χ1) is 11.6. The van der Waals surface area contributed by atoms with Crippen molar-refractivity contribution in [2.24, 2.45) is 0 Å². The molecule has 3 heterocycles. The molecule has 3 aromatic rings. The summed E-state index contributed by atoms with van der Waals surface area (Å²) >= 11 is 0. The molecule has 0 spiro atoms. The third-order valence-electron chi connectivity index (χ3n) is 3.96. The molecule has 0 aliphatic heterocycles. The number of hydrogen-bond donors (Lipinski definition) is 1. The van der Waals surface area contributed by atoms with Crippen molar-refractivity contribution < 1.29 is 9.90 Å². The van der Waals surface area contributed by atoms with Crippen LogP contribution in [-0.4, -0.2) is 45.8 Å². The topological polar surface area (TPSA) is 112 Å². The van der Waals surface area contributed by atoms with Gasteiger partial charge >= 0.3 is 5.97 Å². The fourth-order valence-corrected chi connectivity index (χ4v) is 2.64. The number of carboxylic acid groups (broad SMARTS) is 1. The van der Waals surface area contributed by atoms with Gasteiger partial charge in [0.15, 0.2) is 5.82 Å². The van der Waals surface area contributed by atoms with Gasteiger partial charge in [-0.05, 0) is 31.9 Å². The second kappa shape index (κ2) is 5.52. The van der Waals surface area contributed by atoms with Crippen molar-refractivity contribution in [1.82, 2.24) is 34.7 Å². The summed E-state index contributed by atoms with van der Waals surface area (Å²) in [6, 6.07) is 3.62. The zero-order valence-electron chi connectivity index (χ0n) is 13.0. The Morgan fingerprint density at radius 2 is 2.08 bits per heavy atom. The predicted molar refractivity (Wildman–Crippen MR) is 82.3 cm³/mol. The van der Waals surface area contributed by atoms with Crippen molar-refractivity contribution in [2.75, 3.05) is 0 Å². The highest BCUT2D eigenvalue weighted by Crippen LogP contribution is 2.36. The maximum absolute atomic E-state index is 10.9. The average Bonchev–Trinajstić information content (AvgIpc) is 3.19. The fraction of sp³-hybridized carbons (Fsp3) is 0.333. The number of hydrogen-bond acceptors (Lipinski definition) is 6. The quantitative estimate of drug-likeness (QED) is 0.753. The van der Waals surface area contributed by atoms with Gasteiger partial charge in [0, 0.05) is 12.2 Å². The minimum Gasteiger partial charge on any atom is -0.478 e. The van der Waals surface area contributed by atoms with Gasteiger partial charge in [0.05, 0.1) is 17.5 Å². The molecule has 0 unspecified atom stereocenters. The molecule has 1 saturated carbocycles. The Kier molecular flexibility index (Phi) is 3.33. The molecule has 0 atom stereocenters. The average molecular weight is 325 g/mol. The lowest BCUT2D eigenvalue weighted by atomic mass is 10.2. The monoisotopic (exact) mass is 325 g/mol. The summed E-state index contributed by atoms with van der Waals surface area (Å²) in [7, 11) is 0. The number of aromatic carboxylic acids is 1. The second-order valence-corrected chi connectivity index (χ2v) is 5.80. The molecule has 122 valence electrons. The molecular weight excluding hydrogens is 310 g/mol. The molecule has 9 nitrogen and oxygen atoms in total. The molecule has 0 aromatic carbocycles. The molecule has 1 aliphatic carbocycles. The van der Waals surface area contributed by atoms with Crippen molar-refractivity contribution in [1.29, 1.82) is 0 Å². The molecule has 0 radical (unpaired) electrons. The number of nitrogens with zero attached hydrogens (tertiary/aromatic N) is 7. The van der Waals surface area contributed by atoms with Crippen molar-refractivity contribution in [3.8, 4) is 11.4 Å². The molecule has 3 aromatic heterocycles. The minimum atomic E-state index is -1.01. The Bertz CT molecular complexity index is 893. The van der Waals surface area contributed by atoms with Gasteiger partial charge in [-0.15, -0.1) is 15.3 Å². The van der Waals surface area contributed by atoms with E-state index in [2.05, 4.69) is 30.1 Å². The molecular formula is C15H15N7O2. The molecule has 4 rings (SSSR count). The predicted octanol–water partition coefficient (Wildman–Crippen LogP) is 1.32. The number of carbonyl (C=O) groups is 1. The summed E-state index contributed by atoms with van der Waals surface area (Å²) in [6.07, 6.45) is 5.40. The lowest BCUT2D eigenvalue weighted by molar-refractivity contribution is 0.0696. The molecule has 0 saturated heterocycles. The number of pyridine rings is 1. The highest BCUT2D eigenvalue weighted by Gasteiger charge is 2.28. The minimum absolute atomic E-state index is 0.138. The molecule has 0 amide bonds. The van der Waals surface area contributed by atoms with Gasteiger partial charge in [0.1, 0.15) is 18.1 Å². The van der Waals surface area contributed by atoms with Crippen LogP contribution in [0.3, 0.4) is 0 Å². The number of rotatable bonds is 5. The van der Waals surface area contributed by atoms with Crippen molar-refractivity contribution in [3.63, 3.8) is 0 Å². The Morgan fingerprint density at radius 1 is 1.25 bits per heavy atom. The summed E-state index contributed by atoms with van der Waals surface area (Å²) in [5.41, 5.74) is 1.30. The maximum atomic E-state index is 10.9. The van der Waals surface area contributed by atoms with Crippen LogP contribution in [0.25, 0.3) is 11.4 Å². The van der Waals surface area contributed by atoms with Gasteiger partial charge in [0.2, 0.25) is 0 Å². The van der Waals surface area contributed by atoms with Crippen LogP contribution in [-0.2, 0) is 6.54 Å². The second-order valence-electron chi connectivity index (χ2n) is 5.80. The first-order valence-electron chi connectivity index (χ1n) is 7.62. The largest absolute Gasteiger partial charge is 0.478 e. The maximum Gasteiger partial charge on any atom is 0.337 e. The van der Waals surface area contributed by atoms with Gasteiger partial charge in [-0.3, -0.25) is 4.98 Å². The van der Waals surface area contributed by atoms with E-state index in [4.69, 9.17) is 5.11 Å². The molecule has 9 heteroatoms. The highest BCUT2D eigenvalue weighted by atomic mass is 16.4. The van der Waals surface area contributed by atoms with Gasteiger partial charge in [-0.25, -0.2) is 9.48 Å². The Balaban J connectivity index is 1.56. The van der Waals surface area contributed by atoms with E-state index in [1.807, 2.05) is 6.92 Å². The van der Waals surface area contributed by atoms with Crippen molar-refractivity contribution >= 4 is 5.97 Å². The summed E-state index contributed by atoms with van der Waals surface area (Å²) in [5.74, 6) is 0.770. The zero-order chi connectivity index (χ0) is 16.7. The first-order valence-corrected chi connectivity index (χ1v) is 7.62. The summed E-state index contributed by atoms with van der Waals surface area (Å²) in [5, 5.41) is 25.5. The zero-order valence-corrected chi connectivity index (χ0v) is 13.0. The van der Waals surface area contributed by atoms with Crippen LogP contribution < -0.4 is 0 Å². The SMILES string of the molecule is Cc1nnc(Cn2cc(-c3ccc(C(=O)O)cn3)nn2)n1C1CC1. The van der Waals surface area contributed by atoms with E-state index in [1.165, 1.54) is 12.3 Å². The van der Waals surface area contributed by atoms with Gasteiger partial charge in [-0.1, -0.05) is 5.21 Å². The van der Waals surface area contributed by atoms with E-state index in [0.29, 0.717) is 24.0 Å². The van der Waals surface area contributed by atoms with Crippen LogP contribution in [0, 0.1) is 6.92 Å². The summed E-state index contributed by atoms with van der Waals surface area (Å²) < 4.78 is 3.84. The Labute approximate surface area is 137 Å². The van der Waals surface area contributed by atoms with Crippen LogP contribution in [0.15, 0.2) is 24.5 Å². The third-order valence-corrected chi connectivity index (χ3v) is 3.96. The third kappa shape index (κ3) is 2.64. The van der Waals surface area contributed by atoms with E-state index >= 15 is 0 Å². The van der Waals surface area contributed by atoms with Crippen LogP contribution in [0.2, 0.25) is 0 Å². The first kappa shape index (κ1) is 14.5. The normalized spacial score (nSPS) is 14.0. The van der Waals surface area contributed by atoms with Crippen LogP contribution in [0.1, 0.15) is 40.9 Å². The number of aromatic nitrogens is 7. The van der Waals surface area contributed by atoms with E-state index in [0.717, 1.165) is 24.5 Å². The number of carboxylic acids is 1. The number of aryl methyl sites for hydroxylation is 1. The molecule has 1 fully saturated rings. The van der Waals surface area contributed by atoms with Gasteiger partial charge < -0.3 is 9.67 Å². The standard InChI is InChI=1S/C15H15N7O2/c1-9-17-19-14(22(9)11-3-4-11)8-21-7-13(18-20-21)12-5-2-10(6-16-12)15(23)24/h2,5-7,11H,3-4,8H2,1H3,(H,23,24). The Morgan fingerprint density at radius 3 is 2.75 bits per heavy atom. The van der Waals surface area contributed by atoms with Gasteiger partial charge in [0.25, 0.3) is 0 Å². The van der Waals surface area contributed by atoms with E-state index in [9.17, 15) is 4.79 Å². The molecule has 1 N–H and O–H groups in total. The van der Waals surface area contributed by atoms with Crippen LogP contribution in [0.5, 0.6) is 0 Å². The summed E-state index contributed by atoms with van der Waals surface area (Å²) in [4.78, 5) is 15.0. The lowest BCUT2D eigenvalue weighted by Gasteiger charge is -2.06. The Hall–Kier alpha value is -3.10.